The molecule has 138 valence electrons. The van der Waals surface area contributed by atoms with Crippen molar-refractivity contribution in [1.29, 1.82) is 0 Å². The highest BCUT2D eigenvalue weighted by atomic mass is 16.2. The number of allylic oxidation sites excluding steroid dienone is 1. The van der Waals surface area contributed by atoms with Crippen LogP contribution >= 0.6 is 0 Å². The zero-order valence-electron chi connectivity index (χ0n) is 16.0. The van der Waals surface area contributed by atoms with Crippen LogP contribution in [0.5, 0.6) is 0 Å². The van der Waals surface area contributed by atoms with E-state index in [2.05, 4.69) is 32.4 Å². The third-order valence-electron chi connectivity index (χ3n) is 5.49. The Labute approximate surface area is 151 Å². The van der Waals surface area contributed by atoms with Gasteiger partial charge in [-0.05, 0) is 45.1 Å². The fraction of sp³-hybridized carbons (Fsp3) is 0.700. The van der Waals surface area contributed by atoms with Crippen LogP contribution in [0, 0.1) is 5.92 Å². The Morgan fingerprint density at radius 1 is 1.40 bits per heavy atom. The van der Waals surface area contributed by atoms with Crippen molar-refractivity contribution >= 4 is 5.91 Å². The maximum atomic E-state index is 13.0. The molecule has 0 bridgehead atoms. The van der Waals surface area contributed by atoms with Gasteiger partial charge in [-0.25, -0.2) is 0 Å². The van der Waals surface area contributed by atoms with Gasteiger partial charge in [0.2, 0.25) is 0 Å². The summed E-state index contributed by atoms with van der Waals surface area (Å²) in [5, 5.41) is 4.72. The van der Waals surface area contributed by atoms with E-state index in [1.54, 1.807) is 0 Å². The lowest BCUT2D eigenvalue weighted by Crippen LogP contribution is -2.39. The second-order valence-corrected chi connectivity index (χ2v) is 7.97. The fourth-order valence-corrected chi connectivity index (χ4v) is 4.29. The minimum absolute atomic E-state index is 0.128. The van der Waals surface area contributed by atoms with Crippen LogP contribution < -0.4 is 0 Å². The first kappa shape index (κ1) is 18.2. The van der Waals surface area contributed by atoms with Gasteiger partial charge in [-0.15, -0.1) is 6.58 Å². The van der Waals surface area contributed by atoms with Gasteiger partial charge in [-0.2, -0.15) is 5.10 Å². The topological polar surface area (TPSA) is 41.4 Å². The van der Waals surface area contributed by atoms with Crippen LogP contribution in [-0.4, -0.2) is 58.2 Å². The monoisotopic (exact) mass is 344 g/mol. The highest BCUT2D eigenvalue weighted by Gasteiger charge is 2.32. The predicted octanol–water partition coefficient (Wildman–Crippen LogP) is 2.75. The highest BCUT2D eigenvalue weighted by Crippen LogP contribution is 2.29. The number of aromatic nitrogens is 2. The molecule has 1 aliphatic heterocycles. The Kier molecular flexibility index (Phi) is 5.62. The second-order valence-electron chi connectivity index (χ2n) is 7.97. The number of likely N-dealkylation sites (tertiary alicyclic amines) is 1. The summed E-state index contributed by atoms with van der Waals surface area (Å²) in [4.78, 5) is 17.4. The molecular formula is C20H32N4O. The normalized spacial score (nSPS) is 20.4. The van der Waals surface area contributed by atoms with Gasteiger partial charge in [0.15, 0.2) is 5.69 Å². The summed E-state index contributed by atoms with van der Waals surface area (Å²) in [5.41, 5.74) is 3.13. The number of hydrogen-bond acceptors (Lipinski definition) is 3. The Hall–Kier alpha value is -1.62. The van der Waals surface area contributed by atoms with Crippen LogP contribution in [0.15, 0.2) is 12.7 Å². The van der Waals surface area contributed by atoms with Gasteiger partial charge in [0, 0.05) is 36.9 Å². The molecule has 2 aliphatic rings. The maximum Gasteiger partial charge on any atom is 0.274 e. The average Bonchev–Trinajstić information content (AvgIpc) is 3.22. The van der Waals surface area contributed by atoms with Crippen LogP contribution in [0.3, 0.4) is 0 Å². The molecule has 1 aromatic heterocycles. The van der Waals surface area contributed by atoms with Crippen molar-refractivity contribution < 1.29 is 4.79 Å². The third-order valence-corrected chi connectivity index (χ3v) is 5.49. The molecule has 5 nitrogen and oxygen atoms in total. The fourth-order valence-electron chi connectivity index (χ4n) is 4.29. The number of amides is 1. The lowest BCUT2D eigenvalue weighted by atomic mass is 9.90. The number of fused-ring (bicyclic) bond motifs is 1. The van der Waals surface area contributed by atoms with Crippen molar-refractivity contribution in [2.75, 3.05) is 26.7 Å². The van der Waals surface area contributed by atoms with Crippen LogP contribution in [0.2, 0.25) is 0 Å². The minimum Gasteiger partial charge on any atom is -0.337 e. The van der Waals surface area contributed by atoms with Crippen LogP contribution in [0.25, 0.3) is 0 Å². The molecule has 0 aromatic carbocycles. The molecule has 0 radical (unpaired) electrons. The molecule has 1 unspecified atom stereocenters. The first-order chi connectivity index (χ1) is 12.0. The van der Waals surface area contributed by atoms with Gasteiger partial charge in [0.1, 0.15) is 0 Å². The van der Waals surface area contributed by atoms with E-state index in [-0.39, 0.29) is 5.91 Å². The van der Waals surface area contributed by atoms with Crippen molar-refractivity contribution in [1.82, 2.24) is 19.6 Å². The molecule has 0 spiro atoms. The number of carbonyl (C=O) groups excluding carboxylic acids is 1. The number of rotatable bonds is 6. The summed E-state index contributed by atoms with van der Waals surface area (Å²) in [5.74, 6) is 0.782. The Morgan fingerprint density at radius 3 is 2.76 bits per heavy atom. The summed E-state index contributed by atoms with van der Waals surface area (Å²) in [7, 11) is 2.21. The number of carbonyl (C=O) groups is 1. The summed E-state index contributed by atoms with van der Waals surface area (Å²) in [6.07, 6.45) is 7.16. The maximum absolute atomic E-state index is 13.0. The van der Waals surface area contributed by atoms with Crippen LogP contribution in [0.4, 0.5) is 0 Å². The molecule has 0 N–H and O–H groups in total. The Morgan fingerprint density at radius 2 is 2.12 bits per heavy atom. The van der Waals surface area contributed by atoms with E-state index < -0.39 is 0 Å². The van der Waals surface area contributed by atoms with Gasteiger partial charge in [0.25, 0.3) is 5.91 Å². The average molecular weight is 345 g/mol. The Bertz CT molecular complexity index is 628. The molecule has 0 saturated carbocycles. The van der Waals surface area contributed by atoms with Crippen molar-refractivity contribution in [3.8, 4) is 0 Å². The van der Waals surface area contributed by atoms with E-state index in [9.17, 15) is 4.79 Å². The number of nitrogens with zero attached hydrogens (tertiary/aromatic N) is 4. The second kappa shape index (κ2) is 7.73. The minimum atomic E-state index is 0.128. The van der Waals surface area contributed by atoms with E-state index in [4.69, 9.17) is 5.10 Å². The molecule has 5 heteroatoms. The number of hydrogen-bond donors (Lipinski definition) is 0. The molecule has 3 rings (SSSR count). The molecule has 1 amide bonds. The lowest BCUT2D eigenvalue weighted by molar-refractivity contribution is 0.0784. The summed E-state index contributed by atoms with van der Waals surface area (Å²) >= 11 is 0. The molecular weight excluding hydrogens is 312 g/mol. The van der Waals surface area contributed by atoms with Gasteiger partial charge in [-0.3, -0.25) is 9.48 Å². The zero-order valence-corrected chi connectivity index (χ0v) is 16.0. The van der Waals surface area contributed by atoms with Gasteiger partial charge in [-0.1, -0.05) is 19.9 Å². The molecule has 25 heavy (non-hydrogen) atoms. The van der Waals surface area contributed by atoms with E-state index in [0.717, 1.165) is 51.7 Å². The van der Waals surface area contributed by atoms with Crippen molar-refractivity contribution in [3.63, 3.8) is 0 Å². The van der Waals surface area contributed by atoms with E-state index in [1.807, 2.05) is 15.7 Å². The van der Waals surface area contributed by atoms with Crippen molar-refractivity contribution in [2.24, 2.45) is 5.92 Å². The zero-order chi connectivity index (χ0) is 18.0. The molecule has 1 atom stereocenters. The number of likely N-dealkylation sites (N-methyl/N-ethyl adjacent to an activating group) is 1. The summed E-state index contributed by atoms with van der Waals surface area (Å²) < 4.78 is 2.00. The molecule has 1 fully saturated rings. The van der Waals surface area contributed by atoms with Crippen LogP contribution in [0.1, 0.15) is 54.9 Å². The molecule has 2 heterocycles. The first-order valence-corrected chi connectivity index (χ1v) is 9.70. The van der Waals surface area contributed by atoms with E-state index in [0.29, 0.717) is 24.2 Å². The molecule has 1 saturated heterocycles. The first-order valence-electron chi connectivity index (χ1n) is 9.70. The third kappa shape index (κ3) is 3.81. The van der Waals surface area contributed by atoms with Crippen LogP contribution in [-0.2, 0) is 19.4 Å². The standard InChI is InChI=1S/C20H32N4O/c1-5-10-24-18-9-8-16(22(4)14-15(2)3)13-17(18)19(21-24)20(25)23-11-6-7-12-23/h5,15-16H,1,6-14H2,2-4H3. The largest absolute Gasteiger partial charge is 0.337 e. The quantitative estimate of drug-likeness (QED) is 0.745. The summed E-state index contributed by atoms with van der Waals surface area (Å²) in [6, 6.07) is 0.501. The Balaban J connectivity index is 1.87. The molecule has 1 aromatic rings. The van der Waals surface area contributed by atoms with Gasteiger partial charge in [0.05, 0.1) is 6.54 Å². The lowest BCUT2D eigenvalue weighted by Gasteiger charge is -2.33. The van der Waals surface area contributed by atoms with Crippen molar-refractivity contribution in [3.05, 3.63) is 29.6 Å². The summed E-state index contributed by atoms with van der Waals surface area (Å²) in [6.45, 7) is 11.9. The smallest absolute Gasteiger partial charge is 0.274 e. The predicted molar refractivity (Wildman–Crippen MR) is 101 cm³/mol. The SMILES string of the molecule is C=CCn1nc(C(=O)N2CCCC2)c2c1CCC(N(C)CC(C)C)C2. The van der Waals surface area contributed by atoms with E-state index >= 15 is 0 Å². The van der Waals surface area contributed by atoms with Gasteiger partial charge >= 0.3 is 0 Å². The van der Waals surface area contributed by atoms with E-state index in [1.165, 1.54) is 11.3 Å². The highest BCUT2D eigenvalue weighted by molar-refractivity contribution is 5.94. The van der Waals surface area contributed by atoms with Crippen molar-refractivity contribution in [2.45, 2.75) is 58.5 Å². The molecule has 1 aliphatic carbocycles. The van der Waals surface area contributed by atoms with Gasteiger partial charge < -0.3 is 9.80 Å².